The van der Waals surface area contributed by atoms with E-state index in [0.29, 0.717) is 5.75 Å². The topological polar surface area (TPSA) is 47.6 Å². The quantitative estimate of drug-likeness (QED) is 0.721. The molecule has 0 radical (unpaired) electrons. The summed E-state index contributed by atoms with van der Waals surface area (Å²) < 4.78 is 23.8. The van der Waals surface area contributed by atoms with E-state index in [1.807, 2.05) is 43.3 Å². The normalized spacial score (nSPS) is 11.8. The van der Waals surface area contributed by atoms with Crippen LogP contribution in [0.5, 0.6) is 11.5 Å². The average molecular weight is 353 g/mol. The molecule has 3 aromatic carbocycles. The fourth-order valence-corrected chi connectivity index (χ4v) is 2.69. The van der Waals surface area contributed by atoms with Gasteiger partial charge in [0.1, 0.15) is 17.3 Å². The van der Waals surface area contributed by atoms with E-state index in [1.54, 1.807) is 19.2 Å². The van der Waals surface area contributed by atoms with Crippen LogP contribution in [-0.2, 0) is 4.79 Å². The summed E-state index contributed by atoms with van der Waals surface area (Å²) in [7, 11) is 1.62. The largest absolute Gasteiger partial charge is 0.497 e. The van der Waals surface area contributed by atoms with Crippen LogP contribution in [0.3, 0.4) is 0 Å². The van der Waals surface area contributed by atoms with E-state index in [-0.39, 0.29) is 24.4 Å². The van der Waals surface area contributed by atoms with E-state index >= 15 is 0 Å². The van der Waals surface area contributed by atoms with E-state index in [1.165, 1.54) is 12.1 Å². The van der Waals surface area contributed by atoms with Gasteiger partial charge in [-0.2, -0.15) is 0 Å². The average Bonchev–Trinajstić information content (AvgIpc) is 2.66. The third kappa shape index (κ3) is 4.30. The molecule has 1 unspecified atom stereocenters. The van der Waals surface area contributed by atoms with Crippen molar-refractivity contribution in [3.63, 3.8) is 0 Å². The third-order valence-electron chi connectivity index (χ3n) is 4.14. The van der Waals surface area contributed by atoms with E-state index in [9.17, 15) is 9.18 Å². The fourth-order valence-electron chi connectivity index (χ4n) is 2.69. The maximum atomic E-state index is 13.0. The number of hydrogen-bond acceptors (Lipinski definition) is 3. The molecule has 0 aromatic heterocycles. The number of benzene rings is 3. The van der Waals surface area contributed by atoms with Gasteiger partial charge in [-0.15, -0.1) is 0 Å². The number of fused-ring (bicyclic) bond motifs is 1. The van der Waals surface area contributed by atoms with Crippen LogP contribution < -0.4 is 14.8 Å². The van der Waals surface area contributed by atoms with Gasteiger partial charge < -0.3 is 14.8 Å². The van der Waals surface area contributed by atoms with Gasteiger partial charge in [-0.3, -0.25) is 4.79 Å². The molecular weight excluding hydrogens is 333 g/mol. The summed E-state index contributed by atoms with van der Waals surface area (Å²) in [6.07, 6.45) is 0. The molecule has 0 aliphatic heterocycles. The zero-order chi connectivity index (χ0) is 18.5. The number of methoxy groups -OCH3 is 1. The van der Waals surface area contributed by atoms with Gasteiger partial charge in [-0.25, -0.2) is 4.39 Å². The standard InChI is InChI=1S/C21H20FNO3/c1-14(15-3-7-18(22)8-4-15)23-21(24)13-26-20-10-6-16-5-9-19(25-2)11-17(16)12-20/h3-12,14H,13H2,1-2H3,(H,23,24). The van der Waals surface area contributed by atoms with Crippen LogP contribution >= 0.6 is 0 Å². The van der Waals surface area contributed by atoms with Crippen LogP contribution in [0.4, 0.5) is 4.39 Å². The minimum Gasteiger partial charge on any atom is -0.497 e. The second-order valence-electron chi connectivity index (χ2n) is 6.00. The van der Waals surface area contributed by atoms with Crippen molar-refractivity contribution in [2.45, 2.75) is 13.0 Å². The van der Waals surface area contributed by atoms with Gasteiger partial charge in [0.05, 0.1) is 13.2 Å². The van der Waals surface area contributed by atoms with Gasteiger partial charge >= 0.3 is 0 Å². The molecule has 0 fully saturated rings. The summed E-state index contributed by atoms with van der Waals surface area (Å²) in [5, 5.41) is 4.87. The van der Waals surface area contributed by atoms with Crippen molar-refractivity contribution in [3.05, 3.63) is 72.0 Å². The summed E-state index contributed by atoms with van der Waals surface area (Å²) in [5.41, 5.74) is 0.831. The second-order valence-corrected chi connectivity index (χ2v) is 6.00. The van der Waals surface area contributed by atoms with E-state index in [4.69, 9.17) is 9.47 Å². The van der Waals surface area contributed by atoms with Crippen LogP contribution in [0, 0.1) is 5.82 Å². The molecule has 1 atom stereocenters. The Bertz CT molecular complexity index is 909. The molecule has 3 rings (SSSR count). The number of amides is 1. The molecule has 0 aliphatic rings. The van der Waals surface area contributed by atoms with E-state index in [2.05, 4.69) is 5.32 Å². The Hall–Kier alpha value is -3.08. The van der Waals surface area contributed by atoms with Crippen molar-refractivity contribution in [2.24, 2.45) is 0 Å². The third-order valence-corrected chi connectivity index (χ3v) is 4.14. The zero-order valence-corrected chi connectivity index (χ0v) is 14.7. The highest BCUT2D eigenvalue weighted by atomic mass is 19.1. The summed E-state index contributed by atoms with van der Waals surface area (Å²) in [4.78, 5) is 12.1. The molecule has 4 nitrogen and oxygen atoms in total. The lowest BCUT2D eigenvalue weighted by atomic mass is 10.1. The maximum Gasteiger partial charge on any atom is 0.258 e. The summed E-state index contributed by atoms with van der Waals surface area (Å²) in [6, 6.07) is 17.2. The predicted molar refractivity (Wildman–Crippen MR) is 99.0 cm³/mol. The number of rotatable bonds is 6. The molecule has 26 heavy (non-hydrogen) atoms. The highest BCUT2D eigenvalue weighted by Gasteiger charge is 2.10. The van der Waals surface area contributed by atoms with Crippen LogP contribution in [0.2, 0.25) is 0 Å². The number of nitrogens with one attached hydrogen (secondary N) is 1. The van der Waals surface area contributed by atoms with Gasteiger partial charge in [0, 0.05) is 0 Å². The molecule has 0 aliphatic carbocycles. The lowest BCUT2D eigenvalue weighted by Crippen LogP contribution is -2.31. The Morgan fingerprint density at radius 1 is 1.00 bits per heavy atom. The molecular formula is C21H20FNO3. The van der Waals surface area contributed by atoms with Gasteiger partial charge in [0.25, 0.3) is 5.91 Å². The number of carbonyl (C=O) groups excluding carboxylic acids is 1. The Morgan fingerprint density at radius 3 is 2.35 bits per heavy atom. The van der Waals surface area contributed by atoms with E-state index in [0.717, 1.165) is 22.1 Å². The van der Waals surface area contributed by atoms with Gasteiger partial charge in [-0.05, 0) is 59.7 Å². The minimum atomic E-state index is -0.302. The Labute approximate surface area is 151 Å². The first-order valence-electron chi connectivity index (χ1n) is 8.30. The second kappa shape index (κ2) is 7.87. The Kier molecular flexibility index (Phi) is 5.37. The lowest BCUT2D eigenvalue weighted by molar-refractivity contribution is -0.123. The van der Waals surface area contributed by atoms with Crippen LogP contribution in [-0.4, -0.2) is 19.6 Å². The molecule has 134 valence electrons. The monoisotopic (exact) mass is 353 g/mol. The molecule has 0 saturated heterocycles. The lowest BCUT2D eigenvalue weighted by Gasteiger charge is -2.15. The van der Waals surface area contributed by atoms with Crippen molar-refractivity contribution < 1.29 is 18.7 Å². The number of halogens is 1. The van der Waals surface area contributed by atoms with Crippen LogP contribution in [0.25, 0.3) is 10.8 Å². The molecule has 0 spiro atoms. The van der Waals surface area contributed by atoms with Gasteiger partial charge in [0.15, 0.2) is 6.61 Å². The van der Waals surface area contributed by atoms with Crippen molar-refractivity contribution in [1.29, 1.82) is 0 Å². The Morgan fingerprint density at radius 2 is 1.65 bits per heavy atom. The van der Waals surface area contributed by atoms with Gasteiger partial charge in [-0.1, -0.05) is 24.3 Å². The number of ether oxygens (including phenoxy) is 2. The summed E-state index contributed by atoms with van der Waals surface area (Å²) in [6.45, 7) is 1.74. The summed E-state index contributed by atoms with van der Waals surface area (Å²) in [5.74, 6) is 0.826. The molecule has 1 N–H and O–H groups in total. The molecule has 0 bridgehead atoms. The molecule has 5 heteroatoms. The fraction of sp³-hybridized carbons (Fsp3) is 0.190. The molecule has 0 saturated carbocycles. The SMILES string of the molecule is COc1ccc2ccc(OCC(=O)NC(C)c3ccc(F)cc3)cc2c1. The Balaban J connectivity index is 1.60. The smallest absolute Gasteiger partial charge is 0.258 e. The van der Waals surface area contributed by atoms with Gasteiger partial charge in [0.2, 0.25) is 0 Å². The first kappa shape index (κ1) is 17.7. The highest BCUT2D eigenvalue weighted by molar-refractivity contribution is 5.85. The minimum absolute atomic E-state index is 0.0962. The first-order valence-corrected chi connectivity index (χ1v) is 8.30. The van der Waals surface area contributed by atoms with E-state index < -0.39 is 0 Å². The number of hydrogen-bond donors (Lipinski definition) is 1. The van der Waals surface area contributed by atoms with Crippen molar-refractivity contribution in [3.8, 4) is 11.5 Å². The van der Waals surface area contributed by atoms with Crippen LogP contribution in [0.15, 0.2) is 60.7 Å². The molecule has 1 amide bonds. The predicted octanol–water partition coefficient (Wildman–Crippen LogP) is 4.24. The zero-order valence-electron chi connectivity index (χ0n) is 14.7. The maximum absolute atomic E-state index is 13.0. The highest BCUT2D eigenvalue weighted by Crippen LogP contribution is 2.25. The van der Waals surface area contributed by atoms with Crippen molar-refractivity contribution in [2.75, 3.05) is 13.7 Å². The molecule has 0 heterocycles. The first-order chi connectivity index (χ1) is 12.5. The molecule has 3 aromatic rings. The van der Waals surface area contributed by atoms with Crippen molar-refractivity contribution in [1.82, 2.24) is 5.32 Å². The van der Waals surface area contributed by atoms with Crippen molar-refractivity contribution >= 4 is 16.7 Å². The van der Waals surface area contributed by atoms with Crippen LogP contribution in [0.1, 0.15) is 18.5 Å². The summed E-state index contributed by atoms with van der Waals surface area (Å²) >= 11 is 0. The number of carbonyl (C=O) groups is 1.